The van der Waals surface area contributed by atoms with Crippen molar-refractivity contribution in [2.75, 3.05) is 14.2 Å². The molecule has 0 heterocycles. The minimum Gasteiger partial charge on any atom is -0.469 e. The maximum Gasteiger partial charge on any atom is 0.308 e. The number of esters is 1. The third-order valence-electron chi connectivity index (χ3n) is 2.70. The Hall–Kier alpha value is -1.88. The van der Waals surface area contributed by atoms with E-state index in [1.54, 1.807) is 0 Å². The van der Waals surface area contributed by atoms with Gasteiger partial charge in [-0.05, 0) is 5.56 Å². The van der Waals surface area contributed by atoms with Crippen molar-refractivity contribution in [1.29, 1.82) is 0 Å². The summed E-state index contributed by atoms with van der Waals surface area (Å²) in [7, 11) is 2.78. The molecule has 1 rings (SSSR count). The van der Waals surface area contributed by atoms with Crippen molar-refractivity contribution in [1.82, 2.24) is 5.32 Å². The Labute approximate surface area is 112 Å². The lowest BCUT2D eigenvalue weighted by Crippen LogP contribution is -2.29. The third kappa shape index (κ3) is 6.01. The van der Waals surface area contributed by atoms with Crippen LogP contribution < -0.4 is 5.32 Å². The molecule has 1 atom stereocenters. The van der Waals surface area contributed by atoms with Crippen molar-refractivity contribution in [3.05, 3.63) is 35.9 Å². The van der Waals surface area contributed by atoms with Gasteiger partial charge in [-0.1, -0.05) is 30.3 Å². The molecule has 0 bridgehead atoms. The summed E-state index contributed by atoms with van der Waals surface area (Å²) in [6.07, 6.45) is -0.243. The van der Waals surface area contributed by atoms with E-state index in [9.17, 15) is 9.59 Å². The maximum absolute atomic E-state index is 11.7. The fourth-order valence-electron chi connectivity index (χ4n) is 1.58. The Kier molecular flexibility index (Phi) is 6.60. The SMILES string of the molecule is COC(=O)C[C@H](CC(=O)NCc1ccccc1)OC. The number of carbonyl (C=O) groups is 2. The molecule has 0 fully saturated rings. The summed E-state index contributed by atoms with van der Waals surface area (Å²) in [4.78, 5) is 22.8. The molecule has 5 nitrogen and oxygen atoms in total. The van der Waals surface area contributed by atoms with E-state index in [4.69, 9.17) is 4.74 Å². The quantitative estimate of drug-likeness (QED) is 0.754. The molecule has 1 N–H and O–H groups in total. The minimum atomic E-state index is -0.455. The molecule has 104 valence electrons. The number of methoxy groups -OCH3 is 2. The molecule has 0 aliphatic rings. The van der Waals surface area contributed by atoms with E-state index < -0.39 is 6.10 Å². The monoisotopic (exact) mass is 265 g/mol. The van der Waals surface area contributed by atoms with Crippen LogP contribution in [0.4, 0.5) is 0 Å². The van der Waals surface area contributed by atoms with Crippen LogP contribution in [0, 0.1) is 0 Å². The Morgan fingerprint density at radius 3 is 2.42 bits per heavy atom. The van der Waals surface area contributed by atoms with Crippen molar-refractivity contribution < 1.29 is 19.1 Å². The number of nitrogens with one attached hydrogen (secondary N) is 1. The number of ether oxygens (including phenoxy) is 2. The van der Waals surface area contributed by atoms with Gasteiger partial charge >= 0.3 is 5.97 Å². The molecule has 0 saturated heterocycles. The van der Waals surface area contributed by atoms with Crippen LogP contribution >= 0.6 is 0 Å². The fraction of sp³-hybridized carbons (Fsp3) is 0.429. The van der Waals surface area contributed by atoms with Crippen LogP contribution in [0.25, 0.3) is 0 Å². The Bertz CT molecular complexity index is 405. The smallest absolute Gasteiger partial charge is 0.308 e. The van der Waals surface area contributed by atoms with E-state index in [1.807, 2.05) is 30.3 Å². The molecule has 19 heavy (non-hydrogen) atoms. The van der Waals surface area contributed by atoms with E-state index >= 15 is 0 Å². The van der Waals surface area contributed by atoms with Crippen LogP contribution in [0.3, 0.4) is 0 Å². The first-order valence-electron chi connectivity index (χ1n) is 6.06. The zero-order chi connectivity index (χ0) is 14.1. The molecular weight excluding hydrogens is 246 g/mol. The van der Waals surface area contributed by atoms with Crippen LogP contribution in [0.5, 0.6) is 0 Å². The highest BCUT2D eigenvalue weighted by molar-refractivity contribution is 5.77. The summed E-state index contributed by atoms with van der Waals surface area (Å²) < 4.78 is 9.63. The van der Waals surface area contributed by atoms with Crippen LogP contribution in [0.2, 0.25) is 0 Å². The summed E-state index contributed by atoms with van der Waals surface area (Å²) in [6, 6.07) is 9.61. The molecule has 0 radical (unpaired) electrons. The first-order chi connectivity index (χ1) is 9.15. The summed E-state index contributed by atoms with van der Waals surface area (Å²) in [5.74, 6) is -0.540. The number of rotatable bonds is 7. The lowest BCUT2D eigenvalue weighted by atomic mass is 10.1. The van der Waals surface area contributed by atoms with Gasteiger partial charge in [-0.15, -0.1) is 0 Å². The number of benzene rings is 1. The number of carbonyl (C=O) groups excluding carboxylic acids is 2. The molecule has 0 aromatic heterocycles. The predicted molar refractivity (Wildman–Crippen MR) is 70.3 cm³/mol. The minimum absolute atomic E-state index is 0.0752. The summed E-state index contributed by atoms with van der Waals surface area (Å²) in [5.41, 5.74) is 1.03. The van der Waals surface area contributed by atoms with Gasteiger partial charge in [0, 0.05) is 13.7 Å². The van der Waals surface area contributed by atoms with Gasteiger partial charge < -0.3 is 14.8 Å². The van der Waals surface area contributed by atoms with E-state index in [0.29, 0.717) is 6.54 Å². The second-order valence-electron chi connectivity index (χ2n) is 4.10. The summed E-state index contributed by atoms with van der Waals surface area (Å²) in [6.45, 7) is 0.467. The molecule has 1 aromatic carbocycles. The van der Waals surface area contributed by atoms with Gasteiger partial charge in [0.25, 0.3) is 0 Å². The number of amides is 1. The molecule has 0 saturated carbocycles. The molecule has 0 spiro atoms. The van der Waals surface area contributed by atoms with Crippen LogP contribution in [-0.4, -0.2) is 32.2 Å². The van der Waals surface area contributed by atoms with Crippen LogP contribution in [0.15, 0.2) is 30.3 Å². The van der Waals surface area contributed by atoms with Gasteiger partial charge in [0.05, 0.1) is 26.1 Å². The molecule has 0 aliphatic carbocycles. The molecule has 5 heteroatoms. The van der Waals surface area contributed by atoms with Crippen molar-refractivity contribution in [3.8, 4) is 0 Å². The standard InChI is InChI=1S/C14H19NO4/c1-18-12(9-14(17)19-2)8-13(16)15-10-11-6-4-3-5-7-11/h3-7,12H,8-10H2,1-2H3,(H,15,16)/t12-/m0/s1. The highest BCUT2D eigenvalue weighted by Crippen LogP contribution is 2.05. The van der Waals surface area contributed by atoms with Gasteiger partial charge in [0.1, 0.15) is 0 Å². The maximum atomic E-state index is 11.7. The van der Waals surface area contributed by atoms with Crippen molar-refractivity contribution in [2.45, 2.75) is 25.5 Å². The Balaban J connectivity index is 2.35. The van der Waals surface area contributed by atoms with Crippen LogP contribution in [0.1, 0.15) is 18.4 Å². The highest BCUT2D eigenvalue weighted by atomic mass is 16.5. The normalized spacial score (nSPS) is 11.7. The zero-order valence-electron chi connectivity index (χ0n) is 11.2. The first-order valence-corrected chi connectivity index (χ1v) is 6.06. The van der Waals surface area contributed by atoms with Gasteiger partial charge in [-0.3, -0.25) is 9.59 Å². The average Bonchev–Trinajstić information content (AvgIpc) is 2.45. The predicted octanol–water partition coefficient (Wildman–Crippen LogP) is 1.27. The summed E-state index contributed by atoms with van der Waals surface area (Å²) >= 11 is 0. The largest absolute Gasteiger partial charge is 0.469 e. The topological polar surface area (TPSA) is 64.6 Å². The highest BCUT2D eigenvalue weighted by Gasteiger charge is 2.17. The van der Waals surface area contributed by atoms with E-state index in [0.717, 1.165) is 5.56 Å². The first kappa shape index (κ1) is 15.2. The second-order valence-corrected chi connectivity index (χ2v) is 4.10. The molecule has 0 aliphatic heterocycles. The molecule has 1 aromatic rings. The van der Waals surface area contributed by atoms with Crippen LogP contribution in [-0.2, 0) is 25.6 Å². The van der Waals surface area contributed by atoms with Gasteiger partial charge in [-0.25, -0.2) is 0 Å². The summed E-state index contributed by atoms with van der Waals surface area (Å²) in [5, 5.41) is 2.78. The second kappa shape index (κ2) is 8.26. The van der Waals surface area contributed by atoms with E-state index in [1.165, 1.54) is 14.2 Å². The lowest BCUT2D eigenvalue weighted by Gasteiger charge is -2.13. The van der Waals surface area contributed by atoms with E-state index in [-0.39, 0.29) is 24.7 Å². The molecular formula is C14H19NO4. The van der Waals surface area contributed by atoms with Crippen molar-refractivity contribution in [3.63, 3.8) is 0 Å². The molecule has 1 amide bonds. The van der Waals surface area contributed by atoms with Crippen molar-refractivity contribution in [2.24, 2.45) is 0 Å². The third-order valence-corrected chi connectivity index (χ3v) is 2.70. The van der Waals surface area contributed by atoms with Gasteiger partial charge in [0.2, 0.25) is 5.91 Å². The Morgan fingerprint density at radius 1 is 1.16 bits per heavy atom. The van der Waals surface area contributed by atoms with Crippen molar-refractivity contribution >= 4 is 11.9 Å². The molecule has 0 unspecified atom stereocenters. The Morgan fingerprint density at radius 2 is 1.84 bits per heavy atom. The zero-order valence-corrected chi connectivity index (χ0v) is 11.2. The van der Waals surface area contributed by atoms with Gasteiger partial charge in [0.15, 0.2) is 0 Å². The number of hydrogen-bond acceptors (Lipinski definition) is 4. The lowest BCUT2D eigenvalue weighted by molar-refractivity contribution is -0.143. The fourth-order valence-corrected chi connectivity index (χ4v) is 1.58. The van der Waals surface area contributed by atoms with E-state index in [2.05, 4.69) is 10.1 Å². The van der Waals surface area contributed by atoms with Gasteiger partial charge in [-0.2, -0.15) is 0 Å². The number of hydrogen-bond donors (Lipinski definition) is 1. The average molecular weight is 265 g/mol.